The minimum absolute atomic E-state index is 0.0000741. The normalized spacial score (nSPS) is 13.1. The minimum atomic E-state index is -1.31. The number of rotatable bonds is 38. The molecule has 25 heteroatoms. The molecule has 0 saturated heterocycles. The average molecular weight is 1100 g/mol. The maximum absolute atomic E-state index is 15.2. The van der Waals surface area contributed by atoms with Gasteiger partial charge in [-0.15, -0.1) is 23.5 Å². The van der Waals surface area contributed by atoms with E-state index in [4.69, 9.17) is 35.5 Å². The van der Waals surface area contributed by atoms with E-state index in [1.165, 1.54) is 0 Å². The Kier molecular flexibility index (Phi) is 28.9. The highest BCUT2D eigenvalue weighted by atomic mass is 32.2. The molecular weight excluding hydrogens is 1020 g/mol. The zero-order valence-electron chi connectivity index (χ0n) is 42.5. The van der Waals surface area contributed by atoms with Gasteiger partial charge in [0.2, 0.25) is 23.6 Å². The fraction of sp³-hybridized carbons (Fsp3) is 0.540. The Morgan fingerprint density at radius 3 is 2.01 bits per heavy atom. The molecule has 10 N–H and O–H groups in total. The van der Waals surface area contributed by atoms with E-state index in [0.29, 0.717) is 30.8 Å². The summed E-state index contributed by atoms with van der Waals surface area (Å²) >= 11 is 1.78. The monoisotopic (exact) mass is 1100 g/mol. The van der Waals surface area contributed by atoms with Crippen molar-refractivity contribution in [2.24, 2.45) is 16.9 Å². The number of amides is 4. The molecule has 0 bridgehead atoms. The Hall–Kier alpha value is -5.67. The largest absolute Gasteiger partial charge is 0.480 e. The summed E-state index contributed by atoms with van der Waals surface area (Å²) in [5, 5.41) is 34.2. The number of carboxylic acids is 3. The fourth-order valence-electron chi connectivity index (χ4n) is 7.24. The molecule has 0 aliphatic carbocycles. The Labute approximate surface area is 443 Å². The van der Waals surface area contributed by atoms with Crippen LogP contribution >= 0.6 is 23.5 Å². The minimum Gasteiger partial charge on any atom is -0.480 e. The van der Waals surface area contributed by atoms with Crippen LogP contribution in [0.5, 0.6) is 0 Å². The van der Waals surface area contributed by atoms with Crippen molar-refractivity contribution in [3.8, 4) is 11.1 Å². The maximum Gasteiger partial charge on any atom is 0.327 e. The number of nitrogens with one attached hydrogen (secondary N) is 3. The van der Waals surface area contributed by atoms with E-state index in [1.807, 2.05) is 55.7 Å². The van der Waals surface area contributed by atoms with Crippen molar-refractivity contribution >= 4 is 65.1 Å². The number of aromatic nitrogens is 1. The molecule has 75 heavy (non-hydrogen) atoms. The lowest BCUT2D eigenvalue weighted by Crippen LogP contribution is -2.45. The summed E-state index contributed by atoms with van der Waals surface area (Å²) in [6.07, 6.45) is 1.63. The van der Waals surface area contributed by atoms with Crippen LogP contribution in [0.2, 0.25) is 0 Å². The number of ether oxygens (including phenoxy) is 4. The molecule has 1 unspecified atom stereocenters. The number of hydrogen-bond donors (Lipinski definition) is 8. The van der Waals surface area contributed by atoms with Crippen LogP contribution < -0.4 is 27.4 Å². The van der Waals surface area contributed by atoms with Gasteiger partial charge in [0.05, 0.1) is 71.2 Å². The second-order valence-electron chi connectivity index (χ2n) is 18.0. The van der Waals surface area contributed by atoms with E-state index < -0.39 is 89.0 Å². The standard InChI is InChI=1S/C50H71F2N7O14S2/c1-50(2,3)46(40-24-34(36-25-35(51)10-11-37(36)52)29-58(40)28-33-8-5-4-6-9-33)59(15-7-13-53)45(63)32-74-31-39(48(66)67)57-42(60)12-16-70-18-20-72-22-23-73-21-19-71-17-14-55-44(62)27-56-43(61)26-41(49(68)69)75-30-38(54)47(64)65/h4-6,8-11,24-25,29,38-39,41,46H,7,12-23,26-28,30-32,53-54H2,1-3H3,(H,55,62)(H,56,61)(H,57,60)(H,64,65)(H,66,67)(H,68,69)/t38-,39+,41?,46+/m1/s1. The van der Waals surface area contributed by atoms with E-state index in [0.717, 1.165) is 47.3 Å². The first kappa shape index (κ1) is 63.6. The number of aliphatic carboxylic acids is 3. The summed E-state index contributed by atoms with van der Waals surface area (Å²) in [5.74, 6) is -7.56. The van der Waals surface area contributed by atoms with Crippen LogP contribution in [0.1, 0.15) is 57.3 Å². The second-order valence-corrected chi connectivity index (χ2v) is 20.3. The summed E-state index contributed by atoms with van der Waals surface area (Å²) in [4.78, 5) is 87.1. The molecule has 0 spiro atoms. The number of hydrogen-bond acceptors (Lipinski definition) is 15. The molecule has 416 valence electrons. The van der Waals surface area contributed by atoms with Gasteiger partial charge in [-0.1, -0.05) is 51.1 Å². The second kappa shape index (κ2) is 34.1. The van der Waals surface area contributed by atoms with Crippen molar-refractivity contribution in [1.82, 2.24) is 25.4 Å². The molecule has 0 aliphatic rings. The first-order chi connectivity index (χ1) is 35.7. The lowest BCUT2D eigenvalue weighted by Gasteiger charge is -2.41. The molecule has 0 saturated carbocycles. The zero-order chi connectivity index (χ0) is 55.3. The summed E-state index contributed by atoms with van der Waals surface area (Å²) in [7, 11) is 0. The molecule has 1 aromatic heterocycles. The Balaban J connectivity index is 1.35. The first-order valence-corrected chi connectivity index (χ1v) is 26.4. The fourth-order valence-corrected chi connectivity index (χ4v) is 9.15. The van der Waals surface area contributed by atoms with Gasteiger partial charge in [0.1, 0.15) is 29.0 Å². The van der Waals surface area contributed by atoms with Gasteiger partial charge in [0, 0.05) is 67.0 Å². The van der Waals surface area contributed by atoms with Crippen molar-refractivity contribution < 1.29 is 76.6 Å². The molecule has 2 aromatic carbocycles. The number of halogens is 2. The third-order valence-electron chi connectivity index (χ3n) is 10.9. The topological polar surface area (TPSA) is 313 Å². The molecule has 3 rings (SSSR count). The Morgan fingerprint density at radius 2 is 1.41 bits per heavy atom. The number of carbonyl (C=O) groups is 7. The summed E-state index contributed by atoms with van der Waals surface area (Å²) in [6, 6.07) is 11.5. The van der Waals surface area contributed by atoms with Gasteiger partial charge in [0.25, 0.3) is 0 Å². The highest BCUT2D eigenvalue weighted by Crippen LogP contribution is 2.41. The van der Waals surface area contributed by atoms with Crippen LogP contribution in [0.25, 0.3) is 11.1 Å². The lowest BCUT2D eigenvalue weighted by atomic mass is 9.83. The van der Waals surface area contributed by atoms with Gasteiger partial charge in [-0.05, 0) is 48.2 Å². The highest BCUT2D eigenvalue weighted by Gasteiger charge is 2.37. The SMILES string of the molecule is CC(C)(C)[C@H](c1cc(-c2cc(F)ccc2F)cn1Cc1ccccc1)N(CCCN)C(=O)CSC[C@H](NC(=O)CCOCCOCCOCCOCCNC(=O)CNC(=O)CC(SC[C@@H](N)C(=O)O)C(=O)O)C(=O)O. The zero-order valence-corrected chi connectivity index (χ0v) is 44.1. The van der Waals surface area contributed by atoms with Crippen LogP contribution in [-0.4, -0.2) is 180 Å². The van der Waals surface area contributed by atoms with Crippen LogP contribution in [0.4, 0.5) is 8.78 Å². The number of benzene rings is 2. The third kappa shape index (κ3) is 24.3. The van der Waals surface area contributed by atoms with Crippen LogP contribution in [0.15, 0.2) is 60.8 Å². The predicted octanol–water partition coefficient (Wildman–Crippen LogP) is 2.73. The van der Waals surface area contributed by atoms with Crippen molar-refractivity contribution in [2.75, 3.05) is 96.3 Å². The predicted molar refractivity (Wildman–Crippen MR) is 278 cm³/mol. The molecular formula is C50H71F2N7O14S2. The van der Waals surface area contributed by atoms with E-state index in [-0.39, 0.29) is 101 Å². The van der Waals surface area contributed by atoms with E-state index in [9.17, 15) is 48.2 Å². The maximum atomic E-state index is 15.2. The van der Waals surface area contributed by atoms with Crippen molar-refractivity contribution in [2.45, 2.75) is 70.0 Å². The first-order valence-electron chi connectivity index (χ1n) is 24.2. The molecule has 1 heterocycles. The molecule has 0 aliphatic heterocycles. The van der Waals surface area contributed by atoms with Gasteiger partial charge >= 0.3 is 17.9 Å². The molecule has 4 atom stereocenters. The Morgan fingerprint density at radius 1 is 0.773 bits per heavy atom. The van der Waals surface area contributed by atoms with Crippen LogP contribution in [0.3, 0.4) is 0 Å². The molecule has 4 amide bonds. The molecule has 3 aromatic rings. The highest BCUT2D eigenvalue weighted by molar-refractivity contribution is 8.00. The number of nitrogens with zero attached hydrogens (tertiary/aromatic N) is 2. The Bertz CT molecular complexity index is 2290. The summed E-state index contributed by atoms with van der Waals surface area (Å²) < 4.78 is 53.3. The smallest absolute Gasteiger partial charge is 0.327 e. The van der Waals surface area contributed by atoms with Crippen molar-refractivity contribution in [1.29, 1.82) is 0 Å². The average Bonchev–Trinajstić information content (AvgIpc) is 3.76. The van der Waals surface area contributed by atoms with Crippen molar-refractivity contribution in [3.05, 3.63) is 83.7 Å². The number of nitrogens with two attached hydrogens (primary N) is 2. The van der Waals surface area contributed by atoms with E-state index in [2.05, 4.69) is 16.0 Å². The van der Waals surface area contributed by atoms with Gasteiger partial charge in [-0.25, -0.2) is 13.6 Å². The van der Waals surface area contributed by atoms with Gasteiger partial charge in [-0.3, -0.25) is 28.8 Å². The van der Waals surface area contributed by atoms with Gasteiger partial charge in [-0.2, -0.15) is 0 Å². The van der Waals surface area contributed by atoms with Crippen molar-refractivity contribution in [3.63, 3.8) is 0 Å². The summed E-state index contributed by atoms with van der Waals surface area (Å²) in [6.45, 7) is 8.12. The van der Waals surface area contributed by atoms with Gasteiger partial charge < -0.3 is 71.2 Å². The van der Waals surface area contributed by atoms with Crippen LogP contribution in [0, 0.1) is 17.0 Å². The summed E-state index contributed by atoms with van der Waals surface area (Å²) in [5.41, 5.74) is 12.9. The van der Waals surface area contributed by atoms with E-state index in [1.54, 1.807) is 17.2 Å². The third-order valence-corrected chi connectivity index (χ3v) is 13.2. The van der Waals surface area contributed by atoms with Gasteiger partial charge in [0.15, 0.2) is 0 Å². The van der Waals surface area contributed by atoms with E-state index >= 15 is 4.39 Å². The number of thioether (sulfide) groups is 2. The molecule has 0 fully saturated rings. The quantitative estimate of drug-likeness (QED) is 0.0383. The van der Waals surface area contributed by atoms with Crippen LogP contribution in [-0.2, 0) is 59.1 Å². The lowest BCUT2D eigenvalue weighted by molar-refractivity contribution is -0.141. The molecule has 21 nitrogen and oxygen atoms in total. The number of carbonyl (C=O) groups excluding carboxylic acids is 4. The molecule has 0 radical (unpaired) electrons. The number of carboxylic acid groups (broad SMARTS) is 3.